The van der Waals surface area contributed by atoms with E-state index in [9.17, 15) is 4.79 Å². The van der Waals surface area contributed by atoms with E-state index in [2.05, 4.69) is 16.3 Å². The molecule has 0 spiro atoms. The van der Waals surface area contributed by atoms with Gasteiger partial charge in [0, 0.05) is 38.3 Å². The lowest BCUT2D eigenvalue weighted by Crippen LogP contribution is -2.51. The van der Waals surface area contributed by atoms with Crippen LogP contribution in [0, 0.1) is 0 Å². The van der Waals surface area contributed by atoms with Gasteiger partial charge in [0.25, 0.3) is 0 Å². The predicted octanol–water partition coefficient (Wildman–Crippen LogP) is 0.500. The summed E-state index contributed by atoms with van der Waals surface area (Å²) in [7, 11) is 1.69. The zero-order valence-electron chi connectivity index (χ0n) is 13.7. The standard InChI is InChI=1S/C17H25N3O3/c1-22-16-5-3-2-4-14(16)15-12-18-6-7-20(15)13-17(21)19-8-10-23-11-9-19/h2-5,15,18H,6-13H2,1H3. The summed E-state index contributed by atoms with van der Waals surface area (Å²) in [6.45, 7) is 5.73. The summed E-state index contributed by atoms with van der Waals surface area (Å²) in [4.78, 5) is 16.7. The summed E-state index contributed by atoms with van der Waals surface area (Å²) in [5, 5.41) is 3.43. The Hall–Kier alpha value is -1.63. The summed E-state index contributed by atoms with van der Waals surface area (Å²) in [6, 6.07) is 8.22. The smallest absolute Gasteiger partial charge is 0.236 e. The van der Waals surface area contributed by atoms with Crippen LogP contribution >= 0.6 is 0 Å². The molecule has 1 N–H and O–H groups in total. The predicted molar refractivity (Wildman–Crippen MR) is 87.6 cm³/mol. The number of carbonyl (C=O) groups excluding carboxylic acids is 1. The van der Waals surface area contributed by atoms with Crippen molar-refractivity contribution in [3.63, 3.8) is 0 Å². The molecule has 126 valence electrons. The van der Waals surface area contributed by atoms with Crippen LogP contribution in [0.2, 0.25) is 0 Å². The van der Waals surface area contributed by atoms with Gasteiger partial charge in [-0.2, -0.15) is 0 Å². The minimum absolute atomic E-state index is 0.157. The van der Waals surface area contributed by atoms with Gasteiger partial charge in [-0.3, -0.25) is 9.69 Å². The monoisotopic (exact) mass is 319 g/mol. The Labute approximate surface area is 137 Å². The van der Waals surface area contributed by atoms with Crippen molar-refractivity contribution in [3.05, 3.63) is 29.8 Å². The third kappa shape index (κ3) is 3.83. The molecule has 0 bridgehead atoms. The number of methoxy groups -OCH3 is 1. The van der Waals surface area contributed by atoms with Crippen LogP contribution < -0.4 is 10.1 Å². The number of rotatable bonds is 4. The quantitative estimate of drug-likeness (QED) is 0.876. The van der Waals surface area contributed by atoms with Crippen LogP contribution in [0.5, 0.6) is 5.75 Å². The number of piperazine rings is 1. The largest absolute Gasteiger partial charge is 0.496 e. The molecule has 6 nitrogen and oxygen atoms in total. The zero-order valence-corrected chi connectivity index (χ0v) is 13.7. The molecular weight excluding hydrogens is 294 g/mol. The molecule has 2 aliphatic rings. The van der Waals surface area contributed by atoms with E-state index in [1.165, 1.54) is 0 Å². The molecular formula is C17H25N3O3. The van der Waals surface area contributed by atoms with Gasteiger partial charge in [-0.05, 0) is 6.07 Å². The number of hydrogen-bond donors (Lipinski definition) is 1. The molecule has 1 aromatic rings. The van der Waals surface area contributed by atoms with Gasteiger partial charge in [0.1, 0.15) is 5.75 Å². The van der Waals surface area contributed by atoms with Crippen molar-refractivity contribution < 1.29 is 14.3 Å². The second kappa shape index (κ2) is 7.77. The molecule has 1 aromatic carbocycles. The molecule has 1 atom stereocenters. The summed E-state index contributed by atoms with van der Waals surface area (Å²) < 4.78 is 10.8. The molecule has 2 fully saturated rings. The molecule has 0 aliphatic carbocycles. The van der Waals surface area contributed by atoms with Gasteiger partial charge in [0.15, 0.2) is 0 Å². The number of nitrogens with one attached hydrogen (secondary N) is 1. The van der Waals surface area contributed by atoms with Gasteiger partial charge < -0.3 is 19.7 Å². The summed E-state index contributed by atoms with van der Waals surface area (Å²) in [6.07, 6.45) is 0. The Morgan fingerprint density at radius 2 is 2.09 bits per heavy atom. The highest BCUT2D eigenvalue weighted by Crippen LogP contribution is 2.30. The van der Waals surface area contributed by atoms with E-state index >= 15 is 0 Å². The van der Waals surface area contributed by atoms with Gasteiger partial charge >= 0.3 is 0 Å². The third-order valence-corrected chi connectivity index (χ3v) is 4.55. The van der Waals surface area contributed by atoms with E-state index < -0.39 is 0 Å². The Kier molecular flexibility index (Phi) is 5.48. The first-order chi connectivity index (χ1) is 11.3. The number of morpholine rings is 1. The van der Waals surface area contributed by atoms with Crippen LogP contribution in [0.15, 0.2) is 24.3 Å². The van der Waals surface area contributed by atoms with Gasteiger partial charge in [0.05, 0.1) is 32.9 Å². The van der Waals surface area contributed by atoms with Gasteiger partial charge in [-0.25, -0.2) is 0 Å². The normalized spacial score (nSPS) is 22.8. The minimum atomic E-state index is 0.157. The van der Waals surface area contributed by atoms with Crippen LogP contribution in [-0.2, 0) is 9.53 Å². The third-order valence-electron chi connectivity index (χ3n) is 4.55. The van der Waals surface area contributed by atoms with Crippen molar-refractivity contribution in [2.75, 3.05) is 59.6 Å². The molecule has 2 heterocycles. The van der Waals surface area contributed by atoms with Crippen LogP contribution in [0.1, 0.15) is 11.6 Å². The Morgan fingerprint density at radius 1 is 1.30 bits per heavy atom. The molecule has 6 heteroatoms. The number of para-hydroxylation sites is 1. The van der Waals surface area contributed by atoms with Crippen molar-refractivity contribution >= 4 is 5.91 Å². The van der Waals surface area contributed by atoms with E-state index in [0.29, 0.717) is 32.8 Å². The highest BCUT2D eigenvalue weighted by atomic mass is 16.5. The molecule has 2 aliphatic heterocycles. The number of hydrogen-bond acceptors (Lipinski definition) is 5. The van der Waals surface area contributed by atoms with E-state index in [0.717, 1.165) is 30.9 Å². The van der Waals surface area contributed by atoms with E-state index in [-0.39, 0.29) is 11.9 Å². The van der Waals surface area contributed by atoms with Gasteiger partial charge in [-0.15, -0.1) is 0 Å². The summed E-state index contributed by atoms with van der Waals surface area (Å²) >= 11 is 0. The SMILES string of the molecule is COc1ccccc1C1CNCCN1CC(=O)N1CCOCC1. The molecule has 0 aromatic heterocycles. The maximum absolute atomic E-state index is 12.6. The molecule has 1 unspecified atom stereocenters. The van der Waals surface area contributed by atoms with Gasteiger partial charge in [0.2, 0.25) is 5.91 Å². The molecule has 0 saturated carbocycles. The summed E-state index contributed by atoms with van der Waals surface area (Å²) in [5.74, 6) is 1.07. The molecule has 23 heavy (non-hydrogen) atoms. The Balaban J connectivity index is 1.72. The number of carbonyl (C=O) groups is 1. The summed E-state index contributed by atoms with van der Waals surface area (Å²) in [5.41, 5.74) is 1.14. The second-order valence-corrected chi connectivity index (χ2v) is 5.93. The molecule has 0 radical (unpaired) electrons. The molecule has 1 amide bonds. The fourth-order valence-electron chi connectivity index (χ4n) is 3.27. The van der Waals surface area contributed by atoms with Crippen LogP contribution in [-0.4, -0.2) is 75.3 Å². The van der Waals surface area contributed by atoms with E-state index in [1.807, 2.05) is 23.1 Å². The average molecular weight is 319 g/mol. The average Bonchev–Trinajstić information content (AvgIpc) is 2.63. The zero-order chi connectivity index (χ0) is 16.1. The topological polar surface area (TPSA) is 54.0 Å². The van der Waals surface area contributed by atoms with Crippen molar-refractivity contribution in [1.82, 2.24) is 15.1 Å². The van der Waals surface area contributed by atoms with E-state index in [4.69, 9.17) is 9.47 Å². The lowest BCUT2D eigenvalue weighted by molar-refractivity contribution is -0.137. The van der Waals surface area contributed by atoms with Crippen molar-refractivity contribution in [3.8, 4) is 5.75 Å². The first-order valence-electron chi connectivity index (χ1n) is 8.23. The Bertz CT molecular complexity index is 532. The fourth-order valence-corrected chi connectivity index (χ4v) is 3.27. The molecule has 3 rings (SSSR count). The maximum atomic E-state index is 12.6. The minimum Gasteiger partial charge on any atom is -0.496 e. The Morgan fingerprint density at radius 3 is 2.87 bits per heavy atom. The highest BCUT2D eigenvalue weighted by Gasteiger charge is 2.29. The number of benzene rings is 1. The maximum Gasteiger partial charge on any atom is 0.236 e. The second-order valence-electron chi connectivity index (χ2n) is 5.93. The first kappa shape index (κ1) is 16.2. The lowest BCUT2D eigenvalue weighted by atomic mass is 10.0. The van der Waals surface area contributed by atoms with Crippen LogP contribution in [0.25, 0.3) is 0 Å². The van der Waals surface area contributed by atoms with Crippen LogP contribution in [0.4, 0.5) is 0 Å². The van der Waals surface area contributed by atoms with E-state index in [1.54, 1.807) is 7.11 Å². The van der Waals surface area contributed by atoms with Crippen LogP contribution in [0.3, 0.4) is 0 Å². The lowest BCUT2D eigenvalue weighted by Gasteiger charge is -2.38. The number of nitrogens with zero attached hydrogens (tertiary/aromatic N) is 2. The molecule has 2 saturated heterocycles. The van der Waals surface area contributed by atoms with Crippen molar-refractivity contribution in [2.45, 2.75) is 6.04 Å². The first-order valence-corrected chi connectivity index (χ1v) is 8.23. The van der Waals surface area contributed by atoms with Crippen molar-refractivity contribution in [1.29, 1.82) is 0 Å². The number of ether oxygens (including phenoxy) is 2. The number of amides is 1. The van der Waals surface area contributed by atoms with Gasteiger partial charge in [-0.1, -0.05) is 18.2 Å². The fraction of sp³-hybridized carbons (Fsp3) is 0.588. The van der Waals surface area contributed by atoms with Crippen molar-refractivity contribution in [2.24, 2.45) is 0 Å². The highest BCUT2D eigenvalue weighted by molar-refractivity contribution is 5.78.